The Balaban J connectivity index is 0.00000480. The molecule has 2 rings (SSSR count). The summed E-state index contributed by atoms with van der Waals surface area (Å²) in [7, 11) is 2.02. The third-order valence-corrected chi connectivity index (χ3v) is 5.64. The van der Waals surface area contributed by atoms with Gasteiger partial charge in [-0.2, -0.15) is 5.10 Å². The molecule has 0 aromatic carbocycles. The second kappa shape index (κ2) is 14.7. The lowest BCUT2D eigenvalue weighted by molar-refractivity contribution is -0.122. The quantitative estimate of drug-likeness (QED) is 0.238. The van der Waals surface area contributed by atoms with E-state index in [-0.39, 0.29) is 29.9 Å². The molecule has 1 fully saturated rings. The number of guanidine groups is 1. The number of hydrogen-bond acceptors (Lipinski definition) is 4. The molecule has 9 heteroatoms. The monoisotopic (exact) mass is 547 g/mol. The lowest BCUT2D eigenvalue weighted by Crippen LogP contribution is -2.50. The van der Waals surface area contributed by atoms with Crippen LogP contribution >= 0.6 is 24.0 Å². The summed E-state index contributed by atoms with van der Waals surface area (Å²) in [5.41, 5.74) is 3.66. The Kier molecular flexibility index (Phi) is 13.1. The number of aliphatic imine (C=N–C) groups is 1. The number of aromatic nitrogens is 2. The summed E-state index contributed by atoms with van der Waals surface area (Å²) in [5, 5.41) is 14.6. The first-order chi connectivity index (χ1) is 14.5. The summed E-state index contributed by atoms with van der Waals surface area (Å²) < 4.78 is 2.00. The maximum absolute atomic E-state index is 11.9. The predicted octanol–water partition coefficient (Wildman–Crippen LogP) is 2.21. The third-order valence-electron chi connectivity index (χ3n) is 5.64. The van der Waals surface area contributed by atoms with Crippen LogP contribution < -0.4 is 16.0 Å². The van der Waals surface area contributed by atoms with Crippen molar-refractivity contribution < 1.29 is 4.79 Å². The highest BCUT2D eigenvalue weighted by atomic mass is 127. The van der Waals surface area contributed by atoms with Gasteiger partial charge in [0, 0.05) is 50.5 Å². The van der Waals surface area contributed by atoms with Crippen molar-refractivity contribution in [2.45, 2.75) is 72.4 Å². The fourth-order valence-electron chi connectivity index (χ4n) is 4.00. The van der Waals surface area contributed by atoms with Gasteiger partial charge < -0.3 is 16.0 Å². The number of amides is 1. The van der Waals surface area contributed by atoms with E-state index in [2.05, 4.69) is 53.6 Å². The van der Waals surface area contributed by atoms with Crippen LogP contribution in [-0.2, 0) is 31.2 Å². The predicted molar refractivity (Wildman–Crippen MR) is 138 cm³/mol. The van der Waals surface area contributed by atoms with E-state index in [1.54, 1.807) is 0 Å². The van der Waals surface area contributed by atoms with Crippen molar-refractivity contribution in [2.75, 3.05) is 32.7 Å². The average Bonchev–Trinajstić information content (AvgIpc) is 3.06. The number of rotatable bonds is 10. The molecule has 0 spiro atoms. The smallest absolute Gasteiger partial charge is 0.234 e. The van der Waals surface area contributed by atoms with Gasteiger partial charge in [-0.15, -0.1) is 24.0 Å². The first-order valence-electron chi connectivity index (χ1n) is 11.6. The number of aryl methyl sites for hydroxylation is 2. The van der Waals surface area contributed by atoms with Crippen molar-refractivity contribution in [3.05, 3.63) is 17.0 Å². The molecule has 1 saturated heterocycles. The van der Waals surface area contributed by atoms with Gasteiger partial charge in [0.1, 0.15) is 0 Å². The molecule has 31 heavy (non-hydrogen) atoms. The number of hydrogen-bond donors (Lipinski definition) is 3. The topological polar surface area (TPSA) is 86.6 Å². The van der Waals surface area contributed by atoms with Gasteiger partial charge in [-0.05, 0) is 39.0 Å². The highest BCUT2D eigenvalue weighted by Gasteiger charge is 2.21. The van der Waals surface area contributed by atoms with E-state index in [4.69, 9.17) is 4.99 Å². The van der Waals surface area contributed by atoms with Gasteiger partial charge in [0.05, 0.1) is 18.8 Å². The first-order valence-corrected chi connectivity index (χ1v) is 11.6. The molecule has 0 unspecified atom stereocenters. The van der Waals surface area contributed by atoms with Crippen molar-refractivity contribution >= 4 is 35.8 Å². The molecule has 3 N–H and O–H groups in total. The largest absolute Gasteiger partial charge is 0.357 e. The zero-order valence-electron chi connectivity index (χ0n) is 20.0. The lowest BCUT2D eigenvalue weighted by atomic mass is 10.1. The number of carbonyl (C=O) groups excluding carboxylic acids is 1. The number of likely N-dealkylation sites (tertiary alicyclic amines) is 1. The molecule has 1 aliphatic rings. The molecule has 8 nitrogen and oxygen atoms in total. The summed E-state index contributed by atoms with van der Waals surface area (Å²) in [6, 6.07) is 0.378. The summed E-state index contributed by atoms with van der Waals surface area (Å²) in [6.45, 7) is 13.1. The van der Waals surface area contributed by atoms with E-state index in [1.807, 2.05) is 11.7 Å². The SMILES string of the molecule is CCCNC(=O)CN1CCC(NC(=NCc2c(CC)nn(C)c2CC)NCC)CC1.I. The molecule has 1 aromatic heterocycles. The molecule has 1 aromatic rings. The molecule has 0 bridgehead atoms. The molecular weight excluding hydrogens is 505 g/mol. The van der Waals surface area contributed by atoms with E-state index in [0.29, 0.717) is 19.1 Å². The van der Waals surface area contributed by atoms with Crippen LogP contribution in [0.1, 0.15) is 63.9 Å². The van der Waals surface area contributed by atoms with Crippen LogP contribution in [0.25, 0.3) is 0 Å². The van der Waals surface area contributed by atoms with Crippen LogP contribution in [0.4, 0.5) is 0 Å². The number of nitrogens with one attached hydrogen (secondary N) is 3. The molecule has 1 amide bonds. The Labute approximate surface area is 205 Å². The standard InChI is InChI=1S/C22H41N7O.HI/c1-6-12-24-21(30)16-29-13-10-17(11-14-29)26-22(23-9-4)25-15-18-19(7-2)27-28(5)20(18)8-3;/h17H,6-16H2,1-5H3,(H,24,30)(H2,23,25,26);1H. The van der Waals surface area contributed by atoms with Crippen molar-refractivity contribution in [3.8, 4) is 0 Å². The highest BCUT2D eigenvalue weighted by molar-refractivity contribution is 14.0. The molecule has 0 aliphatic carbocycles. The van der Waals surface area contributed by atoms with E-state index in [9.17, 15) is 4.79 Å². The zero-order chi connectivity index (χ0) is 21.9. The maximum atomic E-state index is 11.9. The van der Waals surface area contributed by atoms with Crippen LogP contribution in [0, 0.1) is 0 Å². The van der Waals surface area contributed by atoms with Crippen LogP contribution in [-0.4, -0.2) is 65.3 Å². The molecule has 0 radical (unpaired) electrons. The third kappa shape index (κ3) is 8.59. The highest BCUT2D eigenvalue weighted by Crippen LogP contribution is 2.17. The van der Waals surface area contributed by atoms with Gasteiger partial charge in [0.25, 0.3) is 0 Å². The van der Waals surface area contributed by atoms with Crippen LogP contribution in [0.5, 0.6) is 0 Å². The summed E-state index contributed by atoms with van der Waals surface area (Å²) in [6.07, 6.45) is 4.88. The van der Waals surface area contributed by atoms with Crippen molar-refractivity contribution in [3.63, 3.8) is 0 Å². The summed E-state index contributed by atoms with van der Waals surface area (Å²) >= 11 is 0. The Hall–Kier alpha value is -1.36. The van der Waals surface area contributed by atoms with Crippen molar-refractivity contribution in [1.29, 1.82) is 0 Å². The van der Waals surface area contributed by atoms with E-state index < -0.39 is 0 Å². The summed E-state index contributed by atoms with van der Waals surface area (Å²) in [4.78, 5) is 19.0. The summed E-state index contributed by atoms with van der Waals surface area (Å²) in [5.74, 6) is 0.998. The average molecular weight is 548 g/mol. The minimum absolute atomic E-state index is 0. The Morgan fingerprint density at radius 3 is 2.42 bits per heavy atom. The minimum atomic E-state index is 0. The van der Waals surface area contributed by atoms with E-state index in [0.717, 1.165) is 69.9 Å². The van der Waals surface area contributed by atoms with Gasteiger partial charge in [0.2, 0.25) is 5.91 Å². The fourth-order valence-corrected chi connectivity index (χ4v) is 4.00. The van der Waals surface area contributed by atoms with E-state index in [1.165, 1.54) is 11.3 Å². The molecular formula is C22H42IN7O. The van der Waals surface area contributed by atoms with Crippen LogP contribution in [0.15, 0.2) is 4.99 Å². The molecule has 1 aliphatic heterocycles. The number of nitrogens with zero attached hydrogens (tertiary/aromatic N) is 4. The van der Waals surface area contributed by atoms with Gasteiger partial charge in [-0.25, -0.2) is 4.99 Å². The normalized spacial score (nSPS) is 15.5. The zero-order valence-corrected chi connectivity index (χ0v) is 22.3. The molecule has 178 valence electrons. The second-order valence-corrected chi connectivity index (χ2v) is 7.94. The lowest BCUT2D eigenvalue weighted by Gasteiger charge is -2.32. The minimum Gasteiger partial charge on any atom is -0.357 e. The maximum Gasteiger partial charge on any atom is 0.234 e. The van der Waals surface area contributed by atoms with Crippen LogP contribution in [0.2, 0.25) is 0 Å². The van der Waals surface area contributed by atoms with Gasteiger partial charge in [0.15, 0.2) is 5.96 Å². The van der Waals surface area contributed by atoms with Crippen molar-refractivity contribution in [2.24, 2.45) is 12.0 Å². The van der Waals surface area contributed by atoms with Gasteiger partial charge in [-0.1, -0.05) is 20.8 Å². The molecule has 0 atom stereocenters. The van der Waals surface area contributed by atoms with Gasteiger partial charge >= 0.3 is 0 Å². The fraction of sp³-hybridized carbons (Fsp3) is 0.773. The van der Waals surface area contributed by atoms with E-state index >= 15 is 0 Å². The number of halogens is 1. The van der Waals surface area contributed by atoms with Crippen LogP contribution in [0.3, 0.4) is 0 Å². The van der Waals surface area contributed by atoms with Gasteiger partial charge in [-0.3, -0.25) is 14.4 Å². The molecule has 2 heterocycles. The number of piperidine rings is 1. The Bertz CT molecular complexity index is 696. The Morgan fingerprint density at radius 1 is 1.13 bits per heavy atom. The second-order valence-electron chi connectivity index (χ2n) is 7.94. The molecule has 0 saturated carbocycles. The Morgan fingerprint density at radius 2 is 1.84 bits per heavy atom. The first kappa shape index (κ1) is 27.7. The van der Waals surface area contributed by atoms with Crippen molar-refractivity contribution in [1.82, 2.24) is 30.6 Å². The number of carbonyl (C=O) groups is 1.